The molecule has 1 aromatic carbocycles. The van der Waals surface area contributed by atoms with Gasteiger partial charge >= 0.3 is 0 Å². The molecule has 0 aliphatic carbocycles. The first kappa shape index (κ1) is 13.8. The third-order valence-corrected chi connectivity index (χ3v) is 4.01. The van der Waals surface area contributed by atoms with Crippen LogP contribution in [0, 0.1) is 0 Å². The van der Waals surface area contributed by atoms with E-state index in [0.717, 1.165) is 34.3 Å². The maximum Gasteiger partial charge on any atom is 0.214 e. The second-order valence-corrected chi connectivity index (χ2v) is 5.78. The Labute approximate surface area is 126 Å². The largest absolute Gasteiger partial charge is 0.360 e. The van der Waals surface area contributed by atoms with Gasteiger partial charge < -0.3 is 5.32 Å². The van der Waals surface area contributed by atoms with Gasteiger partial charge in [0.25, 0.3) is 0 Å². The molecule has 0 saturated heterocycles. The Morgan fingerprint density at radius 1 is 1.43 bits per heavy atom. The molecule has 6 heteroatoms. The maximum atomic E-state index is 11.5. The average Bonchev–Trinajstić information content (AvgIpc) is 3.03. The van der Waals surface area contributed by atoms with Gasteiger partial charge in [-0.2, -0.15) is 0 Å². The van der Waals surface area contributed by atoms with E-state index in [4.69, 9.17) is 0 Å². The molecule has 21 heavy (non-hydrogen) atoms. The fourth-order valence-corrected chi connectivity index (χ4v) is 2.85. The van der Waals surface area contributed by atoms with E-state index in [-0.39, 0.29) is 5.78 Å². The van der Waals surface area contributed by atoms with Crippen molar-refractivity contribution in [2.24, 2.45) is 0 Å². The molecule has 0 aliphatic rings. The highest BCUT2D eigenvalue weighted by Crippen LogP contribution is 2.25. The van der Waals surface area contributed by atoms with Crippen LogP contribution in [0.5, 0.6) is 0 Å². The standard InChI is InChI=1S/C15H16N4OS/c1-3-7-16-14-18-19-9-13(17-15(19)21-14)12-6-4-5-11(8-12)10(2)20/h4-6,8-9H,3,7H2,1-2H3,(H,16,18). The summed E-state index contributed by atoms with van der Waals surface area (Å²) in [4.78, 5) is 16.9. The Bertz CT molecular complexity index is 758. The molecule has 0 radical (unpaired) electrons. The van der Waals surface area contributed by atoms with E-state index in [0.29, 0.717) is 5.56 Å². The van der Waals surface area contributed by atoms with Gasteiger partial charge in [-0.15, -0.1) is 5.10 Å². The van der Waals surface area contributed by atoms with Crippen LogP contribution in [0.2, 0.25) is 0 Å². The first-order valence-electron chi connectivity index (χ1n) is 6.89. The van der Waals surface area contributed by atoms with Crippen LogP contribution in [0.25, 0.3) is 16.2 Å². The van der Waals surface area contributed by atoms with E-state index >= 15 is 0 Å². The number of hydrogen-bond acceptors (Lipinski definition) is 5. The van der Waals surface area contributed by atoms with Gasteiger partial charge in [-0.25, -0.2) is 9.50 Å². The number of ketones is 1. The summed E-state index contributed by atoms with van der Waals surface area (Å²) in [7, 11) is 0. The van der Waals surface area contributed by atoms with E-state index < -0.39 is 0 Å². The van der Waals surface area contributed by atoms with Crippen LogP contribution in [0.3, 0.4) is 0 Å². The first-order valence-corrected chi connectivity index (χ1v) is 7.70. The highest BCUT2D eigenvalue weighted by Gasteiger charge is 2.10. The monoisotopic (exact) mass is 300 g/mol. The van der Waals surface area contributed by atoms with Gasteiger partial charge in [0.05, 0.1) is 11.9 Å². The van der Waals surface area contributed by atoms with Crippen LogP contribution in [-0.4, -0.2) is 26.9 Å². The van der Waals surface area contributed by atoms with Crippen LogP contribution in [0.15, 0.2) is 30.5 Å². The topological polar surface area (TPSA) is 59.3 Å². The van der Waals surface area contributed by atoms with Crippen LogP contribution in [0.4, 0.5) is 5.13 Å². The van der Waals surface area contributed by atoms with Crippen molar-refractivity contribution in [3.8, 4) is 11.3 Å². The SMILES string of the molecule is CCCNc1nn2cc(-c3cccc(C(C)=O)c3)nc2s1. The van der Waals surface area contributed by atoms with Crippen LogP contribution < -0.4 is 5.32 Å². The van der Waals surface area contributed by atoms with Gasteiger partial charge in [0, 0.05) is 17.7 Å². The van der Waals surface area contributed by atoms with Gasteiger partial charge in [-0.3, -0.25) is 4.79 Å². The van der Waals surface area contributed by atoms with Crippen LogP contribution in [-0.2, 0) is 0 Å². The van der Waals surface area contributed by atoms with Crippen molar-refractivity contribution in [3.63, 3.8) is 0 Å². The van der Waals surface area contributed by atoms with E-state index in [2.05, 4.69) is 22.3 Å². The average molecular weight is 300 g/mol. The van der Waals surface area contributed by atoms with Crippen LogP contribution in [0.1, 0.15) is 30.6 Å². The quantitative estimate of drug-likeness (QED) is 0.733. The minimum Gasteiger partial charge on any atom is -0.360 e. The summed E-state index contributed by atoms with van der Waals surface area (Å²) in [6, 6.07) is 7.51. The number of carbonyl (C=O) groups is 1. The summed E-state index contributed by atoms with van der Waals surface area (Å²) >= 11 is 1.53. The van der Waals surface area contributed by atoms with Gasteiger partial charge in [0.2, 0.25) is 10.1 Å². The zero-order chi connectivity index (χ0) is 14.8. The number of hydrogen-bond donors (Lipinski definition) is 1. The predicted octanol–water partition coefficient (Wildman–Crippen LogP) is 3.48. The number of nitrogens with zero attached hydrogens (tertiary/aromatic N) is 3. The van der Waals surface area contributed by atoms with Crippen molar-refractivity contribution < 1.29 is 4.79 Å². The minimum atomic E-state index is 0.0575. The van der Waals surface area contributed by atoms with Gasteiger partial charge in [-0.1, -0.05) is 36.5 Å². The summed E-state index contributed by atoms with van der Waals surface area (Å²) in [6.07, 6.45) is 2.95. The highest BCUT2D eigenvalue weighted by molar-refractivity contribution is 7.20. The lowest BCUT2D eigenvalue weighted by molar-refractivity contribution is 0.101. The molecule has 3 aromatic rings. The molecule has 0 atom stereocenters. The Hall–Kier alpha value is -2.21. The zero-order valence-electron chi connectivity index (χ0n) is 12.0. The third-order valence-electron chi connectivity index (χ3n) is 3.13. The molecule has 3 rings (SSSR count). The Morgan fingerprint density at radius 2 is 2.29 bits per heavy atom. The van der Waals surface area contributed by atoms with E-state index in [1.165, 1.54) is 11.3 Å². The van der Waals surface area contributed by atoms with Crippen molar-refractivity contribution in [3.05, 3.63) is 36.0 Å². The number of carbonyl (C=O) groups excluding carboxylic acids is 1. The number of imidazole rings is 1. The fourth-order valence-electron chi connectivity index (χ4n) is 2.04. The van der Waals surface area contributed by atoms with Crippen molar-refractivity contribution >= 4 is 27.2 Å². The fraction of sp³-hybridized carbons (Fsp3) is 0.267. The summed E-state index contributed by atoms with van der Waals surface area (Å²) in [6.45, 7) is 4.59. The predicted molar refractivity (Wildman–Crippen MR) is 85.1 cm³/mol. The minimum absolute atomic E-state index is 0.0575. The van der Waals surface area contributed by atoms with Crippen molar-refractivity contribution in [1.82, 2.24) is 14.6 Å². The molecule has 0 unspecified atom stereocenters. The normalized spacial score (nSPS) is 11.0. The molecule has 0 amide bonds. The highest BCUT2D eigenvalue weighted by atomic mass is 32.1. The van der Waals surface area contributed by atoms with Crippen molar-refractivity contribution in [2.45, 2.75) is 20.3 Å². The second kappa shape index (κ2) is 5.65. The second-order valence-electron chi connectivity index (χ2n) is 4.82. The number of benzene rings is 1. The first-order chi connectivity index (χ1) is 10.2. The van der Waals surface area contributed by atoms with Gasteiger partial charge in [0.15, 0.2) is 5.78 Å². The summed E-state index contributed by atoms with van der Waals surface area (Å²) in [5.74, 6) is 0.0575. The molecule has 108 valence electrons. The molecule has 1 N–H and O–H groups in total. The molecule has 2 aromatic heterocycles. The lowest BCUT2D eigenvalue weighted by atomic mass is 10.1. The van der Waals surface area contributed by atoms with Crippen molar-refractivity contribution in [2.75, 3.05) is 11.9 Å². The van der Waals surface area contributed by atoms with E-state index in [1.54, 1.807) is 11.4 Å². The third kappa shape index (κ3) is 2.80. The molecular formula is C15H16N4OS. The number of rotatable bonds is 5. The Morgan fingerprint density at radius 3 is 3.00 bits per heavy atom. The molecular weight excluding hydrogens is 284 g/mol. The molecule has 0 saturated carbocycles. The van der Waals surface area contributed by atoms with Gasteiger partial charge in [-0.05, 0) is 19.4 Å². The number of anilines is 1. The summed E-state index contributed by atoms with van der Waals surface area (Å²) in [5.41, 5.74) is 2.46. The van der Waals surface area contributed by atoms with E-state index in [1.807, 2.05) is 30.5 Å². The number of fused-ring (bicyclic) bond motifs is 1. The zero-order valence-corrected chi connectivity index (χ0v) is 12.8. The summed E-state index contributed by atoms with van der Waals surface area (Å²) in [5, 5.41) is 8.58. The molecule has 0 aliphatic heterocycles. The van der Waals surface area contributed by atoms with E-state index in [9.17, 15) is 4.79 Å². The van der Waals surface area contributed by atoms with Crippen LogP contribution >= 0.6 is 11.3 Å². The Kier molecular flexibility index (Phi) is 3.70. The number of aromatic nitrogens is 3. The lowest BCUT2D eigenvalue weighted by Crippen LogP contribution is -1.99. The maximum absolute atomic E-state index is 11.5. The number of nitrogens with one attached hydrogen (secondary N) is 1. The van der Waals surface area contributed by atoms with Gasteiger partial charge in [0.1, 0.15) is 0 Å². The lowest BCUT2D eigenvalue weighted by Gasteiger charge is -1.99. The van der Waals surface area contributed by atoms with Crippen molar-refractivity contribution in [1.29, 1.82) is 0 Å². The Balaban J connectivity index is 1.92. The molecule has 0 spiro atoms. The molecule has 0 fully saturated rings. The molecule has 2 heterocycles. The molecule has 5 nitrogen and oxygen atoms in total. The summed E-state index contributed by atoms with van der Waals surface area (Å²) < 4.78 is 1.78. The molecule has 0 bridgehead atoms. The smallest absolute Gasteiger partial charge is 0.214 e. The number of Topliss-reactive ketones (excluding diaryl/α,β-unsaturated/α-hetero) is 1.